The SMILES string of the molecule is CC1CCN(S(=O)(=O)c2ccccc2C#N)CC1C. The largest absolute Gasteiger partial charge is 0.244 e. The van der Waals surface area contributed by atoms with E-state index in [2.05, 4.69) is 13.8 Å². The Balaban J connectivity index is 2.36. The van der Waals surface area contributed by atoms with Crippen LogP contribution in [-0.2, 0) is 10.0 Å². The molecule has 2 atom stereocenters. The highest BCUT2D eigenvalue weighted by molar-refractivity contribution is 7.89. The molecule has 1 aliphatic heterocycles. The van der Waals surface area contributed by atoms with Gasteiger partial charge in [-0.15, -0.1) is 0 Å². The Labute approximate surface area is 114 Å². The van der Waals surface area contributed by atoms with Crippen molar-refractivity contribution in [1.29, 1.82) is 5.26 Å². The van der Waals surface area contributed by atoms with Gasteiger partial charge in [-0.25, -0.2) is 8.42 Å². The Morgan fingerprint density at radius 3 is 2.58 bits per heavy atom. The molecule has 1 aromatic carbocycles. The number of nitriles is 1. The van der Waals surface area contributed by atoms with Crippen LogP contribution in [0.15, 0.2) is 29.2 Å². The van der Waals surface area contributed by atoms with Gasteiger partial charge in [-0.2, -0.15) is 9.57 Å². The van der Waals surface area contributed by atoms with Crippen LogP contribution in [0.25, 0.3) is 0 Å². The average molecular weight is 278 g/mol. The summed E-state index contributed by atoms with van der Waals surface area (Å²) in [6.07, 6.45) is 0.870. The van der Waals surface area contributed by atoms with Crippen LogP contribution < -0.4 is 0 Å². The van der Waals surface area contributed by atoms with E-state index in [1.807, 2.05) is 6.07 Å². The Morgan fingerprint density at radius 1 is 1.26 bits per heavy atom. The molecular formula is C14H18N2O2S. The molecule has 1 saturated heterocycles. The maximum atomic E-state index is 12.6. The van der Waals surface area contributed by atoms with Gasteiger partial charge < -0.3 is 0 Å². The first kappa shape index (κ1) is 14.0. The predicted octanol–water partition coefficient (Wildman–Crippen LogP) is 2.22. The minimum absolute atomic E-state index is 0.124. The fraction of sp³-hybridized carbons (Fsp3) is 0.500. The molecule has 1 heterocycles. The Bertz CT molecular complexity index is 604. The van der Waals surface area contributed by atoms with Crippen molar-refractivity contribution < 1.29 is 8.42 Å². The molecule has 0 saturated carbocycles. The summed E-state index contributed by atoms with van der Waals surface area (Å²) in [7, 11) is -3.55. The Kier molecular flexibility index (Phi) is 3.93. The third-order valence-corrected chi connectivity index (χ3v) is 5.85. The van der Waals surface area contributed by atoms with Crippen LogP contribution in [0.4, 0.5) is 0 Å². The smallest absolute Gasteiger partial charge is 0.207 e. The first-order valence-corrected chi connectivity index (χ1v) is 7.90. The summed E-state index contributed by atoms with van der Waals surface area (Å²) >= 11 is 0. The maximum Gasteiger partial charge on any atom is 0.244 e. The van der Waals surface area contributed by atoms with Gasteiger partial charge in [0.15, 0.2) is 0 Å². The second-order valence-electron chi connectivity index (χ2n) is 5.21. The van der Waals surface area contributed by atoms with Gasteiger partial charge in [0.2, 0.25) is 10.0 Å². The van der Waals surface area contributed by atoms with Crippen LogP contribution in [0.2, 0.25) is 0 Å². The van der Waals surface area contributed by atoms with Gasteiger partial charge >= 0.3 is 0 Å². The molecule has 1 aromatic rings. The second-order valence-corrected chi connectivity index (χ2v) is 7.12. The zero-order chi connectivity index (χ0) is 14.0. The normalized spacial score (nSPS) is 24.9. The fourth-order valence-electron chi connectivity index (χ4n) is 2.37. The van der Waals surface area contributed by atoms with Gasteiger partial charge in [-0.05, 0) is 30.4 Å². The minimum Gasteiger partial charge on any atom is -0.207 e. The van der Waals surface area contributed by atoms with Crippen molar-refractivity contribution in [2.45, 2.75) is 25.2 Å². The fourth-order valence-corrected chi connectivity index (χ4v) is 4.06. The van der Waals surface area contributed by atoms with Gasteiger partial charge in [0, 0.05) is 13.1 Å². The molecule has 0 amide bonds. The van der Waals surface area contributed by atoms with Crippen LogP contribution in [0.1, 0.15) is 25.8 Å². The van der Waals surface area contributed by atoms with Crippen molar-refractivity contribution in [1.82, 2.24) is 4.31 Å². The minimum atomic E-state index is -3.55. The number of sulfonamides is 1. The molecule has 5 heteroatoms. The lowest BCUT2D eigenvalue weighted by Crippen LogP contribution is -2.42. The van der Waals surface area contributed by atoms with E-state index in [4.69, 9.17) is 5.26 Å². The van der Waals surface area contributed by atoms with Crippen LogP contribution >= 0.6 is 0 Å². The van der Waals surface area contributed by atoms with E-state index < -0.39 is 10.0 Å². The van der Waals surface area contributed by atoms with E-state index in [-0.39, 0.29) is 10.5 Å². The topological polar surface area (TPSA) is 61.2 Å². The molecule has 2 unspecified atom stereocenters. The predicted molar refractivity (Wildman–Crippen MR) is 72.9 cm³/mol. The van der Waals surface area contributed by atoms with Crippen molar-refractivity contribution in [3.8, 4) is 6.07 Å². The third-order valence-electron chi connectivity index (χ3n) is 3.92. The van der Waals surface area contributed by atoms with Crippen molar-refractivity contribution in [2.75, 3.05) is 13.1 Å². The molecule has 102 valence electrons. The molecule has 0 spiro atoms. The summed E-state index contributed by atoms with van der Waals surface area (Å²) in [6, 6.07) is 8.35. The zero-order valence-corrected chi connectivity index (χ0v) is 12.0. The molecule has 4 nitrogen and oxygen atoms in total. The number of nitrogens with zero attached hydrogens (tertiary/aromatic N) is 2. The Hall–Kier alpha value is -1.38. The molecule has 0 aliphatic carbocycles. The van der Waals surface area contributed by atoms with Gasteiger partial charge in [0.05, 0.1) is 10.5 Å². The first-order chi connectivity index (χ1) is 8.96. The Morgan fingerprint density at radius 2 is 1.95 bits per heavy atom. The molecule has 19 heavy (non-hydrogen) atoms. The molecule has 0 aromatic heterocycles. The molecule has 1 aliphatic rings. The monoisotopic (exact) mass is 278 g/mol. The summed E-state index contributed by atoms with van der Waals surface area (Å²) in [6.45, 7) is 5.29. The highest BCUT2D eigenvalue weighted by atomic mass is 32.2. The molecule has 2 rings (SSSR count). The van der Waals surface area contributed by atoms with E-state index in [0.717, 1.165) is 6.42 Å². The third kappa shape index (κ3) is 2.65. The number of hydrogen-bond acceptors (Lipinski definition) is 3. The van der Waals surface area contributed by atoms with Gasteiger partial charge in [0.25, 0.3) is 0 Å². The van der Waals surface area contributed by atoms with Gasteiger partial charge in [0.1, 0.15) is 6.07 Å². The lowest BCUT2D eigenvalue weighted by atomic mass is 9.90. The van der Waals surface area contributed by atoms with Crippen LogP contribution in [-0.4, -0.2) is 25.8 Å². The van der Waals surface area contributed by atoms with Crippen LogP contribution in [0.5, 0.6) is 0 Å². The van der Waals surface area contributed by atoms with E-state index in [1.54, 1.807) is 18.2 Å². The van der Waals surface area contributed by atoms with Crippen molar-refractivity contribution >= 4 is 10.0 Å². The van der Waals surface area contributed by atoms with E-state index in [0.29, 0.717) is 24.9 Å². The molecular weight excluding hydrogens is 260 g/mol. The number of benzene rings is 1. The lowest BCUT2D eigenvalue weighted by Gasteiger charge is -2.34. The number of piperidine rings is 1. The van der Waals surface area contributed by atoms with Gasteiger partial charge in [-0.3, -0.25) is 0 Å². The van der Waals surface area contributed by atoms with Gasteiger partial charge in [-0.1, -0.05) is 26.0 Å². The maximum absolute atomic E-state index is 12.6. The zero-order valence-electron chi connectivity index (χ0n) is 11.2. The standard InChI is InChI=1S/C14H18N2O2S/c1-11-7-8-16(10-12(11)2)19(17,18)14-6-4-3-5-13(14)9-15/h3-6,11-12H,7-8,10H2,1-2H3. The molecule has 1 fully saturated rings. The highest BCUT2D eigenvalue weighted by Crippen LogP contribution is 2.28. The van der Waals surface area contributed by atoms with Crippen molar-refractivity contribution in [3.63, 3.8) is 0 Å². The summed E-state index contributed by atoms with van der Waals surface area (Å²) in [5, 5.41) is 9.04. The van der Waals surface area contributed by atoms with E-state index >= 15 is 0 Å². The summed E-state index contributed by atoms with van der Waals surface area (Å²) in [5.74, 6) is 0.885. The van der Waals surface area contributed by atoms with Crippen LogP contribution in [0.3, 0.4) is 0 Å². The second kappa shape index (κ2) is 5.32. The van der Waals surface area contributed by atoms with Crippen molar-refractivity contribution in [3.05, 3.63) is 29.8 Å². The lowest BCUT2D eigenvalue weighted by molar-refractivity contribution is 0.212. The number of hydrogen-bond donors (Lipinski definition) is 0. The molecule has 0 N–H and O–H groups in total. The first-order valence-electron chi connectivity index (χ1n) is 6.46. The average Bonchev–Trinajstić information content (AvgIpc) is 2.41. The van der Waals surface area contributed by atoms with Crippen LogP contribution in [0, 0.1) is 23.2 Å². The van der Waals surface area contributed by atoms with Crippen molar-refractivity contribution in [2.24, 2.45) is 11.8 Å². The summed E-state index contributed by atoms with van der Waals surface area (Å²) in [4.78, 5) is 0.124. The van der Waals surface area contributed by atoms with E-state index in [9.17, 15) is 8.42 Å². The van der Waals surface area contributed by atoms with E-state index in [1.165, 1.54) is 10.4 Å². The molecule has 0 radical (unpaired) electrons. The highest BCUT2D eigenvalue weighted by Gasteiger charge is 2.32. The summed E-state index contributed by atoms with van der Waals surface area (Å²) < 4.78 is 26.7. The quantitative estimate of drug-likeness (QED) is 0.833. The summed E-state index contributed by atoms with van der Waals surface area (Å²) in [5.41, 5.74) is 0.216. The molecule has 0 bridgehead atoms. The number of rotatable bonds is 2.